The number of rotatable bonds is 13. The van der Waals surface area contributed by atoms with Gasteiger partial charge < -0.3 is 25.8 Å². The van der Waals surface area contributed by atoms with Crippen molar-refractivity contribution in [3.63, 3.8) is 0 Å². The Hall–Kier alpha value is -4.41. The zero-order valence-corrected chi connectivity index (χ0v) is 23.4. The molecule has 0 unspecified atom stereocenters. The number of nitrogens with one attached hydrogen (secondary N) is 3. The van der Waals surface area contributed by atoms with Gasteiger partial charge in [-0.2, -0.15) is 10.2 Å². The van der Waals surface area contributed by atoms with Crippen LogP contribution in [0.2, 0.25) is 0 Å². The molecule has 39 heavy (non-hydrogen) atoms. The van der Waals surface area contributed by atoms with Crippen molar-refractivity contribution >= 4 is 29.3 Å². The molecule has 2 aromatic rings. The second kappa shape index (κ2) is 16.4. The van der Waals surface area contributed by atoms with Crippen LogP contribution in [-0.4, -0.2) is 78.4 Å². The van der Waals surface area contributed by atoms with Crippen LogP contribution >= 0.6 is 0 Å². The van der Waals surface area contributed by atoms with Crippen molar-refractivity contribution in [3.8, 4) is 17.9 Å². The SMILES string of the molecule is CCCNc1nc(Nc2cccc(C#N)c2)ncc1C#CCCCNC(=O)[C@H](C)N(C)C(=O)C=CCN(C)C. The molecule has 206 valence electrons. The van der Waals surface area contributed by atoms with E-state index < -0.39 is 6.04 Å². The van der Waals surface area contributed by atoms with E-state index in [4.69, 9.17) is 5.26 Å². The van der Waals surface area contributed by atoms with Gasteiger partial charge in [-0.1, -0.05) is 30.9 Å². The van der Waals surface area contributed by atoms with Gasteiger partial charge in [0.25, 0.3) is 0 Å². The van der Waals surface area contributed by atoms with Crippen molar-refractivity contribution in [2.75, 3.05) is 51.4 Å². The lowest BCUT2D eigenvalue weighted by Gasteiger charge is -2.23. The lowest BCUT2D eigenvalue weighted by Crippen LogP contribution is -2.45. The van der Waals surface area contributed by atoms with Gasteiger partial charge in [0, 0.05) is 44.9 Å². The molecule has 10 nitrogen and oxygen atoms in total. The molecule has 0 radical (unpaired) electrons. The molecule has 0 aliphatic rings. The van der Waals surface area contributed by atoms with E-state index in [1.54, 1.807) is 44.4 Å². The molecule has 2 rings (SSSR count). The first kappa shape index (κ1) is 30.8. The summed E-state index contributed by atoms with van der Waals surface area (Å²) < 4.78 is 0. The van der Waals surface area contributed by atoms with Crippen molar-refractivity contribution < 1.29 is 9.59 Å². The number of unbranched alkanes of at least 4 members (excludes halogenated alkanes) is 1. The lowest BCUT2D eigenvalue weighted by molar-refractivity contribution is -0.135. The summed E-state index contributed by atoms with van der Waals surface area (Å²) in [7, 11) is 5.46. The summed E-state index contributed by atoms with van der Waals surface area (Å²) in [5, 5.41) is 18.4. The van der Waals surface area contributed by atoms with E-state index in [1.807, 2.05) is 25.1 Å². The van der Waals surface area contributed by atoms with E-state index in [-0.39, 0.29) is 11.8 Å². The summed E-state index contributed by atoms with van der Waals surface area (Å²) in [5.41, 5.74) is 1.95. The van der Waals surface area contributed by atoms with Gasteiger partial charge in [-0.3, -0.25) is 9.59 Å². The summed E-state index contributed by atoms with van der Waals surface area (Å²) in [6.07, 6.45) is 7.09. The Kier molecular flexibility index (Phi) is 13.0. The molecule has 1 heterocycles. The Morgan fingerprint density at radius 3 is 2.72 bits per heavy atom. The number of hydrogen-bond donors (Lipinski definition) is 3. The highest BCUT2D eigenvalue weighted by Gasteiger charge is 2.20. The van der Waals surface area contributed by atoms with Crippen LogP contribution in [0.3, 0.4) is 0 Å². The second-order valence-electron chi connectivity index (χ2n) is 9.19. The van der Waals surface area contributed by atoms with Gasteiger partial charge in [0.2, 0.25) is 17.8 Å². The molecule has 0 bridgehead atoms. The van der Waals surface area contributed by atoms with E-state index >= 15 is 0 Å². The van der Waals surface area contributed by atoms with Crippen LogP contribution in [-0.2, 0) is 9.59 Å². The molecule has 0 spiro atoms. The fourth-order valence-electron chi connectivity index (χ4n) is 3.25. The quantitative estimate of drug-likeness (QED) is 0.205. The molecule has 0 saturated heterocycles. The Bertz CT molecular complexity index is 1240. The van der Waals surface area contributed by atoms with E-state index in [2.05, 4.69) is 50.8 Å². The molecule has 0 fully saturated rings. The molecule has 1 aromatic carbocycles. The molecule has 1 atom stereocenters. The van der Waals surface area contributed by atoms with Crippen LogP contribution in [0.25, 0.3) is 0 Å². The largest absolute Gasteiger partial charge is 0.369 e. The first-order valence-electron chi connectivity index (χ1n) is 13.0. The van der Waals surface area contributed by atoms with Crippen molar-refractivity contribution in [2.24, 2.45) is 0 Å². The average Bonchev–Trinajstić information content (AvgIpc) is 2.93. The maximum Gasteiger partial charge on any atom is 0.246 e. The van der Waals surface area contributed by atoms with Crippen LogP contribution in [0.15, 0.2) is 42.6 Å². The minimum atomic E-state index is -0.577. The highest BCUT2D eigenvalue weighted by molar-refractivity contribution is 5.92. The smallest absolute Gasteiger partial charge is 0.246 e. The number of nitriles is 1. The van der Waals surface area contributed by atoms with Gasteiger partial charge >= 0.3 is 0 Å². The third-order valence-corrected chi connectivity index (χ3v) is 5.62. The van der Waals surface area contributed by atoms with Crippen LogP contribution in [0.1, 0.15) is 44.2 Å². The van der Waals surface area contributed by atoms with E-state index in [0.29, 0.717) is 48.8 Å². The predicted molar refractivity (Wildman–Crippen MR) is 154 cm³/mol. The van der Waals surface area contributed by atoms with E-state index in [0.717, 1.165) is 18.7 Å². The molecule has 0 saturated carbocycles. The van der Waals surface area contributed by atoms with Crippen molar-refractivity contribution in [2.45, 2.75) is 39.2 Å². The Labute approximate surface area is 231 Å². The standard InChI is InChI=1S/C29H38N8O2/c1-6-16-31-27-24(21-33-29(35-27)34-25-14-10-12-23(19-25)20-30)13-8-7-9-17-32-28(39)22(2)37(5)26(38)15-11-18-36(3)4/h10-12,14-15,19,21-22H,6-7,9,16-18H2,1-5H3,(H,32,39)(H2,31,33,34,35)/t22-/m0/s1. The van der Waals surface area contributed by atoms with Gasteiger partial charge in [-0.05, 0) is 52.1 Å². The monoisotopic (exact) mass is 530 g/mol. The molecule has 1 aromatic heterocycles. The highest BCUT2D eigenvalue weighted by atomic mass is 16.2. The first-order chi connectivity index (χ1) is 18.7. The number of anilines is 3. The number of benzene rings is 1. The number of carbonyl (C=O) groups is 2. The van der Waals surface area contributed by atoms with Gasteiger partial charge in [0.1, 0.15) is 11.9 Å². The van der Waals surface area contributed by atoms with E-state index in [1.165, 1.54) is 11.0 Å². The Morgan fingerprint density at radius 1 is 1.21 bits per heavy atom. The van der Waals surface area contributed by atoms with Crippen LogP contribution in [0.5, 0.6) is 0 Å². The molecule has 2 amide bonds. The molecule has 0 aliphatic carbocycles. The molecular weight excluding hydrogens is 492 g/mol. The van der Waals surface area contributed by atoms with Gasteiger partial charge in [-0.25, -0.2) is 4.98 Å². The second-order valence-corrected chi connectivity index (χ2v) is 9.19. The summed E-state index contributed by atoms with van der Waals surface area (Å²) >= 11 is 0. The number of hydrogen-bond acceptors (Lipinski definition) is 8. The Balaban J connectivity index is 1.89. The zero-order chi connectivity index (χ0) is 28.6. The summed E-state index contributed by atoms with van der Waals surface area (Å²) in [4.78, 5) is 37.0. The predicted octanol–water partition coefficient (Wildman–Crippen LogP) is 3.13. The molecule has 10 heteroatoms. The minimum absolute atomic E-state index is 0.206. The van der Waals surface area contributed by atoms with E-state index in [9.17, 15) is 9.59 Å². The first-order valence-corrected chi connectivity index (χ1v) is 13.0. The van der Waals surface area contributed by atoms with Crippen molar-refractivity contribution in [3.05, 3.63) is 53.7 Å². The van der Waals surface area contributed by atoms with Crippen molar-refractivity contribution in [1.82, 2.24) is 25.1 Å². The zero-order valence-electron chi connectivity index (χ0n) is 23.4. The minimum Gasteiger partial charge on any atom is -0.369 e. The molecular formula is C29H38N8O2. The molecule has 3 N–H and O–H groups in total. The van der Waals surface area contributed by atoms with Gasteiger partial charge in [-0.15, -0.1) is 0 Å². The number of carbonyl (C=O) groups excluding carboxylic acids is 2. The summed E-state index contributed by atoms with van der Waals surface area (Å²) in [5.74, 6) is 6.86. The maximum atomic E-state index is 12.4. The van der Waals surface area contributed by atoms with Gasteiger partial charge in [0.05, 0.1) is 23.4 Å². The van der Waals surface area contributed by atoms with Crippen LogP contribution < -0.4 is 16.0 Å². The van der Waals surface area contributed by atoms with Crippen LogP contribution in [0.4, 0.5) is 17.5 Å². The Morgan fingerprint density at radius 2 is 2.00 bits per heavy atom. The lowest BCUT2D eigenvalue weighted by atomic mass is 10.2. The molecule has 0 aliphatic heterocycles. The topological polar surface area (TPSA) is 126 Å². The number of nitrogens with zero attached hydrogens (tertiary/aromatic N) is 5. The average molecular weight is 531 g/mol. The third kappa shape index (κ3) is 10.8. The highest BCUT2D eigenvalue weighted by Crippen LogP contribution is 2.18. The number of aromatic nitrogens is 2. The maximum absolute atomic E-state index is 12.4. The normalized spacial score (nSPS) is 11.3. The van der Waals surface area contributed by atoms with Gasteiger partial charge in [0.15, 0.2) is 0 Å². The fraction of sp³-hybridized carbons (Fsp3) is 0.414. The summed E-state index contributed by atoms with van der Waals surface area (Å²) in [6.45, 7) is 5.62. The summed E-state index contributed by atoms with van der Waals surface area (Å²) in [6, 6.07) is 8.64. The number of amides is 2. The van der Waals surface area contributed by atoms with Crippen molar-refractivity contribution in [1.29, 1.82) is 5.26 Å². The fourth-order valence-corrected chi connectivity index (χ4v) is 3.25. The number of likely N-dealkylation sites (N-methyl/N-ethyl adjacent to an activating group) is 2. The van der Waals surface area contributed by atoms with Crippen LogP contribution in [0, 0.1) is 23.2 Å². The third-order valence-electron chi connectivity index (χ3n) is 5.62.